The van der Waals surface area contributed by atoms with Crippen LogP contribution in [-0.2, 0) is 6.54 Å². The molecule has 3 rings (SSSR count). The van der Waals surface area contributed by atoms with Crippen LogP contribution in [0.15, 0.2) is 4.99 Å². The SMILES string of the molecule is CCNC(=NCC1CCSCC1)NC1CCCn2nc(C)nc21.I. The van der Waals surface area contributed by atoms with Crippen molar-refractivity contribution >= 4 is 41.7 Å². The highest BCUT2D eigenvalue weighted by atomic mass is 127. The van der Waals surface area contributed by atoms with Gasteiger partial charge in [0.2, 0.25) is 0 Å². The summed E-state index contributed by atoms with van der Waals surface area (Å²) in [5.41, 5.74) is 0. The van der Waals surface area contributed by atoms with Crippen molar-refractivity contribution in [3.05, 3.63) is 11.6 Å². The van der Waals surface area contributed by atoms with Crippen LogP contribution in [0.5, 0.6) is 0 Å². The first kappa shape index (κ1) is 19.8. The molecule has 0 amide bonds. The molecular weight excluding hydrogens is 435 g/mol. The summed E-state index contributed by atoms with van der Waals surface area (Å²) in [6.45, 7) is 6.85. The van der Waals surface area contributed by atoms with Gasteiger partial charge in [0.25, 0.3) is 0 Å². The second-order valence-electron chi connectivity index (χ2n) is 6.35. The molecule has 1 aromatic rings. The molecule has 2 aliphatic heterocycles. The van der Waals surface area contributed by atoms with Gasteiger partial charge < -0.3 is 10.6 Å². The van der Waals surface area contributed by atoms with Crippen molar-refractivity contribution in [1.29, 1.82) is 0 Å². The lowest BCUT2D eigenvalue weighted by Crippen LogP contribution is -2.42. The molecule has 3 heterocycles. The maximum absolute atomic E-state index is 4.84. The van der Waals surface area contributed by atoms with E-state index in [0.717, 1.165) is 56.0 Å². The molecule has 0 aliphatic carbocycles. The fraction of sp³-hybridized carbons (Fsp3) is 0.812. The highest BCUT2D eigenvalue weighted by Crippen LogP contribution is 2.24. The Morgan fingerprint density at radius 2 is 2.12 bits per heavy atom. The monoisotopic (exact) mass is 464 g/mol. The number of rotatable bonds is 4. The lowest BCUT2D eigenvalue weighted by molar-refractivity contribution is 0.397. The third kappa shape index (κ3) is 5.24. The number of aryl methyl sites for hydroxylation is 2. The quantitative estimate of drug-likeness (QED) is 0.408. The molecular formula is C16H29IN6S. The lowest BCUT2D eigenvalue weighted by Gasteiger charge is -2.25. The molecule has 0 aromatic carbocycles. The minimum absolute atomic E-state index is 0. The Balaban J connectivity index is 0.00000208. The number of aromatic nitrogens is 3. The normalized spacial score (nSPS) is 21.8. The first-order valence-corrected chi connectivity index (χ1v) is 9.95. The van der Waals surface area contributed by atoms with Gasteiger partial charge >= 0.3 is 0 Å². The fourth-order valence-corrected chi connectivity index (χ4v) is 4.44. The Morgan fingerprint density at radius 1 is 1.33 bits per heavy atom. The van der Waals surface area contributed by atoms with Crippen molar-refractivity contribution in [1.82, 2.24) is 25.4 Å². The number of nitrogens with zero attached hydrogens (tertiary/aromatic N) is 4. The van der Waals surface area contributed by atoms with Gasteiger partial charge in [-0.15, -0.1) is 24.0 Å². The third-order valence-electron chi connectivity index (χ3n) is 4.48. The van der Waals surface area contributed by atoms with E-state index >= 15 is 0 Å². The Bertz CT molecular complexity index is 541. The molecule has 24 heavy (non-hydrogen) atoms. The molecule has 1 unspecified atom stereocenters. The van der Waals surface area contributed by atoms with Crippen LogP contribution in [0.25, 0.3) is 0 Å². The van der Waals surface area contributed by atoms with Crippen LogP contribution in [0.4, 0.5) is 0 Å². The van der Waals surface area contributed by atoms with Crippen LogP contribution in [0.2, 0.25) is 0 Å². The highest BCUT2D eigenvalue weighted by molar-refractivity contribution is 14.0. The molecule has 1 saturated heterocycles. The van der Waals surface area contributed by atoms with E-state index in [-0.39, 0.29) is 30.0 Å². The van der Waals surface area contributed by atoms with Gasteiger partial charge in [-0.1, -0.05) is 0 Å². The van der Waals surface area contributed by atoms with E-state index in [1.165, 1.54) is 24.3 Å². The number of hydrogen-bond donors (Lipinski definition) is 2. The van der Waals surface area contributed by atoms with Gasteiger partial charge in [-0.05, 0) is 57.0 Å². The van der Waals surface area contributed by atoms with Crippen molar-refractivity contribution in [2.24, 2.45) is 10.9 Å². The maximum atomic E-state index is 4.84. The molecule has 0 radical (unpaired) electrons. The minimum Gasteiger partial charge on any atom is -0.357 e. The van der Waals surface area contributed by atoms with Crippen molar-refractivity contribution in [3.63, 3.8) is 0 Å². The summed E-state index contributed by atoms with van der Waals surface area (Å²) in [7, 11) is 0. The Labute approximate surface area is 166 Å². The number of guanidine groups is 1. The van der Waals surface area contributed by atoms with E-state index < -0.39 is 0 Å². The van der Waals surface area contributed by atoms with E-state index in [0.29, 0.717) is 0 Å². The predicted octanol–water partition coefficient (Wildman–Crippen LogP) is 2.74. The van der Waals surface area contributed by atoms with Gasteiger partial charge in [0.15, 0.2) is 5.96 Å². The molecule has 1 atom stereocenters. The van der Waals surface area contributed by atoms with Crippen LogP contribution < -0.4 is 10.6 Å². The van der Waals surface area contributed by atoms with Gasteiger partial charge in [0.1, 0.15) is 11.6 Å². The molecule has 8 heteroatoms. The third-order valence-corrected chi connectivity index (χ3v) is 5.53. The largest absolute Gasteiger partial charge is 0.357 e. The number of halogens is 1. The molecule has 2 aliphatic rings. The average Bonchev–Trinajstić information content (AvgIpc) is 2.95. The smallest absolute Gasteiger partial charge is 0.191 e. The zero-order valence-corrected chi connectivity index (χ0v) is 17.8. The molecule has 0 saturated carbocycles. The van der Waals surface area contributed by atoms with Gasteiger partial charge in [0, 0.05) is 19.6 Å². The summed E-state index contributed by atoms with van der Waals surface area (Å²) in [5.74, 6) is 6.14. The molecule has 0 bridgehead atoms. The Morgan fingerprint density at radius 3 is 2.88 bits per heavy atom. The first-order chi connectivity index (χ1) is 11.3. The Hall–Kier alpha value is -0.510. The van der Waals surface area contributed by atoms with Crippen molar-refractivity contribution < 1.29 is 0 Å². The van der Waals surface area contributed by atoms with Crippen LogP contribution >= 0.6 is 35.7 Å². The molecule has 136 valence electrons. The summed E-state index contributed by atoms with van der Waals surface area (Å²) < 4.78 is 2.04. The van der Waals surface area contributed by atoms with Gasteiger partial charge in [0.05, 0.1) is 6.04 Å². The molecule has 1 aromatic heterocycles. The van der Waals surface area contributed by atoms with E-state index in [1.54, 1.807) is 0 Å². The zero-order valence-electron chi connectivity index (χ0n) is 14.6. The topological polar surface area (TPSA) is 67.1 Å². The van der Waals surface area contributed by atoms with Gasteiger partial charge in [-0.2, -0.15) is 16.9 Å². The molecule has 0 spiro atoms. The van der Waals surface area contributed by atoms with Crippen LogP contribution in [0, 0.1) is 12.8 Å². The standard InChI is InChI=1S/C16H28N6S.HI/c1-3-17-16(18-11-13-6-9-23-10-7-13)20-14-5-4-8-22-15(14)19-12(2)21-22;/h13-14H,3-11H2,1-2H3,(H2,17,18,20);1H. The summed E-state index contributed by atoms with van der Waals surface area (Å²) in [4.78, 5) is 9.44. The number of hydrogen-bond acceptors (Lipinski definition) is 4. The van der Waals surface area contributed by atoms with Crippen molar-refractivity contribution in [3.8, 4) is 0 Å². The molecule has 2 N–H and O–H groups in total. The van der Waals surface area contributed by atoms with Gasteiger partial charge in [-0.3, -0.25) is 4.99 Å². The Kier molecular flexibility index (Phi) is 8.12. The maximum Gasteiger partial charge on any atom is 0.191 e. The second kappa shape index (κ2) is 9.84. The molecule has 1 fully saturated rings. The van der Waals surface area contributed by atoms with Crippen LogP contribution in [-0.4, -0.2) is 45.3 Å². The van der Waals surface area contributed by atoms with Crippen LogP contribution in [0.1, 0.15) is 50.3 Å². The van der Waals surface area contributed by atoms with E-state index in [9.17, 15) is 0 Å². The summed E-state index contributed by atoms with van der Waals surface area (Å²) in [5, 5.41) is 11.4. The second-order valence-corrected chi connectivity index (χ2v) is 7.58. The summed E-state index contributed by atoms with van der Waals surface area (Å²) >= 11 is 2.07. The minimum atomic E-state index is 0. The molecule has 6 nitrogen and oxygen atoms in total. The van der Waals surface area contributed by atoms with E-state index in [1.807, 2.05) is 11.6 Å². The first-order valence-electron chi connectivity index (χ1n) is 8.80. The number of fused-ring (bicyclic) bond motifs is 1. The van der Waals surface area contributed by atoms with Crippen molar-refractivity contribution in [2.75, 3.05) is 24.6 Å². The lowest BCUT2D eigenvalue weighted by atomic mass is 10.0. The summed E-state index contributed by atoms with van der Waals surface area (Å²) in [6.07, 6.45) is 4.81. The van der Waals surface area contributed by atoms with E-state index in [4.69, 9.17) is 4.99 Å². The number of aliphatic imine (C=N–C) groups is 1. The summed E-state index contributed by atoms with van der Waals surface area (Å²) in [6, 6.07) is 0.213. The predicted molar refractivity (Wildman–Crippen MR) is 111 cm³/mol. The van der Waals surface area contributed by atoms with E-state index in [2.05, 4.69) is 39.4 Å². The fourth-order valence-electron chi connectivity index (χ4n) is 3.24. The number of thioether (sulfide) groups is 1. The van der Waals surface area contributed by atoms with Crippen molar-refractivity contribution in [2.45, 2.75) is 52.1 Å². The van der Waals surface area contributed by atoms with Crippen LogP contribution in [0.3, 0.4) is 0 Å². The highest BCUT2D eigenvalue weighted by Gasteiger charge is 2.24. The van der Waals surface area contributed by atoms with Gasteiger partial charge in [-0.25, -0.2) is 9.67 Å². The average molecular weight is 464 g/mol. The number of nitrogens with one attached hydrogen (secondary N) is 2. The zero-order chi connectivity index (χ0) is 16.1.